The average molecular weight is 310 g/mol. The van der Waals surface area contributed by atoms with Gasteiger partial charge in [0.05, 0.1) is 6.04 Å². The molecule has 0 aliphatic carbocycles. The number of nitrogens with zero attached hydrogens (tertiary/aromatic N) is 1. The summed E-state index contributed by atoms with van der Waals surface area (Å²) in [6, 6.07) is 5.92. The lowest BCUT2D eigenvalue weighted by molar-refractivity contribution is 0.598. The molecule has 0 saturated carbocycles. The van der Waals surface area contributed by atoms with Gasteiger partial charge >= 0.3 is 0 Å². The van der Waals surface area contributed by atoms with Crippen LogP contribution in [0.2, 0.25) is 0 Å². The number of hydrogen-bond acceptors (Lipinski definition) is 3. The van der Waals surface area contributed by atoms with Gasteiger partial charge in [0.25, 0.3) is 0 Å². The minimum Gasteiger partial charge on any atom is -0.383 e. The normalized spacial score (nSPS) is 12.4. The minimum absolute atomic E-state index is 0.322. The summed E-state index contributed by atoms with van der Waals surface area (Å²) >= 11 is 3.31. The molecule has 2 aromatic rings. The molecule has 0 aliphatic rings. The topological polar surface area (TPSA) is 64.9 Å². The van der Waals surface area contributed by atoms with Crippen LogP contribution >= 0.6 is 15.9 Å². The second-order valence-corrected chi connectivity index (χ2v) is 4.95. The highest BCUT2D eigenvalue weighted by molar-refractivity contribution is 9.10. The van der Waals surface area contributed by atoms with E-state index < -0.39 is 6.04 Å². The Labute approximate surface area is 113 Å². The summed E-state index contributed by atoms with van der Waals surface area (Å²) in [7, 11) is 0. The summed E-state index contributed by atoms with van der Waals surface area (Å²) in [6.07, 6.45) is 1.65. The highest BCUT2D eigenvalue weighted by Gasteiger charge is 2.19. The van der Waals surface area contributed by atoms with Gasteiger partial charge < -0.3 is 11.5 Å². The van der Waals surface area contributed by atoms with Crippen molar-refractivity contribution in [3.63, 3.8) is 0 Å². The van der Waals surface area contributed by atoms with E-state index in [0.717, 1.165) is 5.56 Å². The summed E-state index contributed by atoms with van der Waals surface area (Å²) in [6.45, 7) is 1.89. The number of aryl methyl sites for hydroxylation is 1. The van der Waals surface area contributed by atoms with Gasteiger partial charge in [0.2, 0.25) is 0 Å². The molecule has 1 heterocycles. The molecule has 94 valence electrons. The largest absolute Gasteiger partial charge is 0.383 e. The first kappa shape index (κ1) is 13.0. The van der Waals surface area contributed by atoms with Crippen LogP contribution in [-0.4, -0.2) is 4.98 Å². The highest BCUT2D eigenvalue weighted by atomic mass is 79.9. The van der Waals surface area contributed by atoms with Crippen LogP contribution in [0.5, 0.6) is 0 Å². The Kier molecular flexibility index (Phi) is 3.63. The minimum atomic E-state index is -0.645. The molecule has 1 aromatic heterocycles. The van der Waals surface area contributed by atoms with Crippen LogP contribution in [0.3, 0.4) is 0 Å². The fourth-order valence-corrected chi connectivity index (χ4v) is 2.40. The molecule has 18 heavy (non-hydrogen) atoms. The maximum absolute atomic E-state index is 13.8. The molecule has 2 rings (SSSR count). The molecule has 0 aliphatic heterocycles. The first-order valence-electron chi connectivity index (χ1n) is 5.42. The van der Waals surface area contributed by atoms with Crippen molar-refractivity contribution in [2.75, 3.05) is 5.73 Å². The number of rotatable bonds is 2. The number of halogens is 2. The Morgan fingerprint density at radius 1 is 1.39 bits per heavy atom. The fraction of sp³-hybridized carbons (Fsp3) is 0.154. The average Bonchev–Trinajstić information content (AvgIpc) is 2.32. The molecule has 4 N–H and O–H groups in total. The van der Waals surface area contributed by atoms with E-state index in [1.807, 2.05) is 13.0 Å². The summed E-state index contributed by atoms with van der Waals surface area (Å²) in [4.78, 5) is 4.04. The first-order chi connectivity index (χ1) is 8.50. The molecule has 3 nitrogen and oxygen atoms in total. The van der Waals surface area contributed by atoms with Crippen molar-refractivity contribution in [2.24, 2.45) is 5.73 Å². The van der Waals surface area contributed by atoms with E-state index in [9.17, 15) is 4.39 Å². The molecule has 0 radical (unpaired) electrons. The van der Waals surface area contributed by atoms with Crippen molar-refractivity contribution in [1.82, 2.24) is 4.98 Å². The molecule has 1 atom stereocenters. The number of nitrogen functional groups attached to an aromatic ring is 1. The number of hydrogen-bond donors (Lipinski definition) is 2. The summed E-state index contributed by atoms with van der Waals surface area (Å²) < 4.78 is 14.5. The van der Waals surface area contributed by atoms with Gasteiger partial charge in [-0.25, -0.2) is 9.37 Å². The molecule has 0 fully saturated rings. The second-order valence-electron chi connectivity index (χ2n) is 4.10. The first-order valence-corrected chi connectivity index (χ1v) is 6.21. The van der Waals surface area contributed by atoms with Gasteiger partial charge in [-0.2, -0.15) is 0 Å². The standard InChI is InChI=1S/C13H13BrFN3/c1-7-5-8(13(17)18-6-7)12(16)11-9(14)3-2-4-10(11)15/h2-6,12H,16H2,1H3,(H2,17,18). The third-order valence-electron chi connectivity index (χ3n) is 2.73. The van der Waals surface area contributed by atoms with E-state index in [1.54, 1.807) is 18.3 Å². The second kappa shape index (κ2) is 5.04. The number of pyridine rings is 1. The van der Waals surface area contributed by atoms with Gasteiger partial charge in [-0.15, -0.1) is 0 Å². The zero-order chi connectivity index (χ0) is 13.3. The quantitative estimate of drug-likeness (QED) is 0.896. The maximum Gasteiger partial charge on any atom is 0.129 e. The van der Waals surface area contributed by atoms with E-state index in [4.69, 9.17) is 11.5 Å². The van der Waals surface area contributed by atoms with Crippen LogP contribution in [0.15, 0.2) is 34.9 Å². The van der Waals surface area contributed by atoms with Gasteiger partial charge in [-0.3, -0.25) is 0 Å². The number of benzene rings is 1. The van der Waals surface area contributed by atoms with Gasteiger partial charge in [-0.1, -0.05) is 22.0 Å². The van der Waals surface area contributed by atoms with E-state index >= 15 is 0 Å². The third-order valence-corrected chi connectivity index (χ3v) is 3.42. The molecule has 0 amide bonds. The Morgan fingerprint density at radius 2 is 2.11 bits per heavy atom. The molecule has 5 heteroatoms. The Bertz CT molecular complexity index is 566. The summed E-state index contributed by atoms with van der Waals surface area (Å²) in [5, 5.41) is 0. The molecule has 1 aromatic carbocycles. The molecule has 0 spiro atoms. The Balaban J connectivity index is 2.54. The molecule has 1 unspecified atom stereocenters. The molecule has 0 bridgehead atoms. The summed E-state index contributed by atoms with van der Waals surface area (Å²) in [5.41, 5.74) is 13.8. The molecular weight excluding hydrogens is 297 g/mol. The van der Waals surface area contributed by atoms with E-state index in [2.05, 4.69) is 20.9 Å². The predicted molar refractivity (Wildman–Crippen MR) is 73.5 cm³/mol. The van der Waals surface area contributed by atoms with Crippen LogP contribution in [0.25, 0.3) is 0 Å². The number of aromatic nitrogens is 1. The SMILES string of the molecule is Cc1cnc(N)c(C(N)c2c(F)cccc2Br)c1. The van der Waals surface area contributed by atoms with E-state index in [1.165, 1.54) is 6.07 Å². The van der Waals surface area contributed by atoms with E-state index in [-0.39, 0.29) is 5.82 Å². The van der Waals surface area contributed by atoms with E-state index in [0.29, 0.717) is 21.4 Å². The van der Waals surface area contributed by atoms with Crippen molar-refractivity contribution in [2.45, 2.75) is 13.0 Å². The van der Waals surface area contributed by atoms with Crippen molar-refractivity contribution >= 4 is 21.7 Å². The maximum atomic E-state index is 13.8. The lowest BCUT2D eigenvalue weighted by Gasteiger charge is -2.17. The zero-order valence-electron chi connectivity index (χ0n) is 9.82. The smallest absolute Gasteiger partial charge is 0.129 e. The van der Waals surface area contributed by atoms with Gasteiger partial charge in [0, 0.05) is 21.8 Å². The molecule has 0 saturated heterocycles. The monoisotopic (exact) mass is 309 g/mol. The zero-order valence-corrected chi connectivity index (χ0v) is 11.4. The Hall–Kier alpha value is -1.46. The summed E-state index contributed by atoms with van der Waals surface area (Å²) in [5.74, 6) is -0.0407. The number of anilines is 1. The predicted octanol–water partition coefficient (Wildman–Crippen LogP) is 2.92. The van der Waals surface area contributed by atoms with Gasteiger partial charge in [0.15, 0.2) is 0 Å². The fourth-order valence-electron chi connectivity index (χ4n) is 1.81. The molecular formula is C13H13BrFN3. The van der Waals surface area contributed by atoms with Gasteiger partial charge in [0.1, 0.15) is 11.6 Å². The lowest BCUT2D eigenvalue weighted by Crippen LogP contribution is -2.17. The van der Waals surface area contributed by atoms with Crippen LogP contribution in [0.4, 0.5) is 10.2 Å². The van der Waals surface area contributed by atoms with Crippen molar-refractivity contribution in [1.29, 1.82) is 0 Å². The van der Waals surface area contributed by atoms with Crippen LogP contribution < -0.4 is 11.5 Å². The van der Waals surface area contributed by atoms with Crippen molar-refractivity contribution < 1.29 is 4.39 Å². The van der Waals surface area contributed by atoms with Crippen molar-refractivity contribution in [3.8, 4) is 0 Å². The van der Waals surface area contributed by atoms with Crippen molar-refractivity contribution in [3.05, 3.63) is 57.4 Å². The lowest BCUT2D eigenvalue weighted by atomic mass is 9.98. The Morgan fingerprint density at radius 3 is 2.78 bits per heavy atom. The van der Waals surface area contributed by atoms with Crippen LogP contribution in [0.1, 0.15) is 22.7 Å². The van der Waals surface area contributed by atoms with Crippen LogP contribution in [0, 0.1) is 12.7 Å². The van der Waals surface area contributed by atoms with Crippen LogP contribution in [-0.2, 0) is 0 Å². The highest BCUT2D eigenvalue weighted by Crippen LogP contribution is 2.31. The van der Waals surface area contributed by atoms with Gasteiger partial charge in [-0.05, 0) is 30.7 Å². The number of nitrogens with two attached hydrogens (primary N) is 2. The third kappa shape index (κ3) is 2.37.